The van der Waals surface area contributed by atoms with Crippen molar-refractivity contribution in [1.29, 1.82) is 5.41 Å². The fraction of sp³-hybridized carbons (Fsp3) is 0.929. The lowest BCUT2D eigenvalue weighted by Gasteiger charge is -2.44. The van der Waals surface area contributed by atoms with E-state index in [1.54, 1.807) is 0 Å². The van der Waals surface area contributed by atoms with Gasteiger partial charge in [-0.3, -0.25) is 5.41 Å². The van der Waals surface area contributed by atoms with Gasteiger partial charge in [-0.2, -0.15) is 0 Å². The number of hydrogen-bond acceptors (Lipinski definition) is 2. The number of nitrogens with zero attached hydrogens (tertiary/aromatic N) is 1. The third-order valence-electron chi connectivity index (χ3n) is 4.50. The van der Waals surface area contributed by atoms with Crippen LogP contribution in [0.25, 0.3) is 0 Å². The average Bonchev–Trinajstić information content (AvgIpc) is 2.34. The molecule has 3 heteroatoms. The van der Waals surface area contributed by atoms with Crippen molar-refractivity contribution in [2.45, 2.75) is 63.8 Å². The maximum absolute atomic E-state index is 7.23. The number of fused-ring (bicyclic) bond motifs is 1. The summed E-state index contributed by atoms with van der Waals surface area (Å²) in [6, 6.07) is 0.884. The molecule has 1 aliphatic carbocycles. The zero-order valence-corrected chi connectivity index (χ0v) is 11.0. The number of likely N-dealkylation sites (tertiary alicyclic amines) is 1. The highest BCUT2D eigenvalue weighted by atomic mass is 15.2. The molecule has 0 spiro atoms. The highest BCUT2D eigenvalue weighted by Gasteiger charge is 2.32. The van der Waals surface area contributed by atoms with Gasteiger partial charge in [0.1, 0.15) is 0 Å². The molecule has 1 saturated carbocycles. The van der Waals surface area contributed by atoms with Gasteiger partial charge >= 0.3 is 0 Å². The van der Waals surface area contributed by atoms with Gasteiger partial charge in [-0.05, 0) is 57.5 Å². The van der Waals surface area contributed by atoms with Crippen LogP contribution >= 0.6 is 0 Å². The second-order valence-corrected chi connectivity index (χ2v) is 5.77. The van der Waals surface area contributed by atoms with Crippen LogP contribution in [0.15, 0.2) is 0 Å². The van der Waals surface area contributed by atoms with Crippen molar-refractivity contribution in [3.05, 3.63) is 0 Å². The molecule has 2 fully saturated rings. The Labute approximate surface area is 105 Å². The molecule has 2 aliphatic rings. The maximum Gasteiger partial charge on any atom is 0.0905 e. The average molecular weight is 237 g/mol. The molecule has 0 unspecified atom stereocenters. The van der Waals surface area contributed by atoms with E-state index in [0.717, 1.165) is 24.8 Å². The molecule has 3 N–H and O–H groups in total. The van der Waals surface area contributed by atoms with E-state index in [-0.39, 0.29) is 0 Å². The van der Waals surface area contributed by atoms with Crippen LogP contribution in [0, 0.1) is 11.3 Å². The molecule has 1 heterocycles. The van der Waals surface area contributed by atoms with Gasteiger partial charge in [-0.1, -0.05) is 12.8 Å². The van der Waals surface area contributed by atoms with Crippen LogP contribution in [0.1, 0.15) is 57.8 Å². The van der Waals surface area contributed by atoms with Gasteiger partial charge in [-0.15, -0.1) is 0 Å². The fourth-order valence-corrected chi connectivity index (χ4v) is 3.64. The summed E-state index contributed by atoms with van der Waals surface area (Å²) in [5.74, 6) is 1.34. The van der Waals surface area contributed by atoms with Crippen molar-refractivity contribution >= 4 is 5.84 Å². The Morgan fingerprint density at radius 2 is 1.88 bits per heavy atom. The van der Waals surface area contributed by atoms with Gasteiger partial charge < -0.3 is 10.6 Å². The van der Waals surface area contributed by atoms with Crippen molar-refractivity contribution in [3.63, 3.8) is 0 Å². The van der Waals surface area contributed by atoms with Crippen molar-refractivity contribution < 1.29 is 0 Å². The molecule has 2 atom stereocenters. The smallest absolute Gasteiger partial charge is 0.0905 e. The van der Waals surface area contributed by atoms with Crippen LogP contribution in [0.5, 0.6) is 0 Å². The summed E-state index contributed by atoms with van der Waals surface area (Å²) in [5.41, 5.74) is 5.39. The third kappa shape index (κ3) is 3.70. The van der Waals surface area contributed by atoms with Crippen molar-refractivity contribution in [3.8, 4) is 0 Å². The molecule has 0 amide bonds. The zero-order valence-electron chi connectivity index (χ0n) is 11.0. The summed E-state index contributed by atoms with van der Waals surface area (Å²) in [6.45, 7) is 2.54. The molecule has 0 radical (unpaired) electrons. The lowest BCUT2D eigenvalue weighted by Crippen LogP contribution is -2.47. The largest absolute Gasteiger partial charge is 0.388 e. The summed E-state index contributed by atoms with van der Waals surface area (Å²) in [7, 11) is 0. The third-order valence-corrected chi connectivity index (χ3v) is 4.50. The topological polar surface area (TPSA) is 53.1 Å². The van der Waals surface area contributed by atoms with Gasteiger partial charge in [0, 0.05) is 12.5 Å². The Hall–Kier alpha value is -0.570. The molecular formula is C14H27N3. The van der Waals surface area contributed by atoms with Crippen molar-refractivity contribution in [2.75, 3.05) is 13.1 Å². The predicted octanol–water partition coefficient (Wildman–Crippen LogP) is 2.75. The van der Waals surface area contributed by atoms with Crippen molar-refractivity contribution in [2.24, 2.45) is 11.7 Å². The van der Waals surface area contributed by atoms with Gasteiger partial charge in [-0.25, -0.2) is 0 Å². The molecular weight excluding hydrogens is 210 g/mol. The van der Waals surface area contributed by atoms with Gasteiger partial charge in [0.2, 0.25) is 0 Å². The summed E-state index contributed by atoms with van der Waals surface area (Å²) in [6.07, 6.45) is 11.7. The van der Waals surface area contributed by atoms with Gasteiger partial charge in [0.25, 0.3) is 0 Å². The first-order chi connectivity index (χ1) is 8.27. The standard InChI is InChI=1S/C14H27N3/c15-14(16)9-3-4-10-17-11-5-7-12-6-1-2-8-13(12)17/h12-13H,1-11H2,(H3,15,16)/t12-,13-/m1/s1. The first-order valence-electron chi connectivity index (χ1n) is 7.34. The first-order valence-corrected chi connectivity index (χ1v) is 7.34. The Morgan fingerprint density at radius 1 is 1.12 bits per heavy atom. The molecule has 0 aromatic rings. The Bertz CT molecular complexity index is 250. The number of amidine groups is 1. The van der Waals surface area contributed by atoms with E-state index in [2.05, 4.69) is 4.90 Å². The quantitative estimate of drug-likeness (QED) is 0.439. The summed E-state index contributed by atoms with van der Waals surface area (Å²) in [4.78, 5) is 2.73. The van der Waals surface area contributed by atoms with E-state index in [4.69, 9.17) is 11.1 Å². The van der Waals surface area contributed by atoms with E-state index >= 15 is 0 Å². The number of piperidine rings is 1. The van der Waals surface area contributed by atoms with Gasteiger partial charge in [0.15, 0.2) is 0 Å². The van der Waals surface area contributed by atoms with E-state index in [1.807, 2.05) is 0 Å². The maximum atomic E-state index is 7.23. The Morgan fingerprint density at radius 3 is 2.71 bits per heavy atom. The molecule has 1 aliphatic heterocycles. The molecule has 1 saturated heterocycles. The highest BCUT2D eigenvalue weighted by Crippen LogP contribution is 2.35. The number of rotatable bonds is 5. The van der Waals surface area contributed by atoms with E-state index in [9.17, 15) is 0 Å². The van der Waals surface area contributed by atoms with Gasteiger partial charge in [0.05, 0.1) is 5.84 Å². The molecule has 0 aromatic heterocycles. The molecule has 2 rings (SSSR count). The van der Waals surface area contributed by atoms with Crippen LogP contribution in [0.3, 0.4) is 0 Å². The molecule has 0 bridgehead atoms. The van der Waals surface area contributed by atoms with E-state index < -0.39 is 0 Å². The van der Waals surface area contributed by atoms with Crippen LogP contribution in [0.4, 0.5) is 0 Å². The fourth-order valence-electron chi connectivity index (χ4n) is 3.64. The van der Waals surface area contributed by atoms with Crippen LogP contribution in [-0.2, 0) is 0 Å². The minimum absolute atomic E-state index is 0.346. The second-order valence-electron chi connectivity index (χ2n) is 5.77. The minimum Gasteiger partial charge on any atom is -0.388 e. The summed E-state index contributed by atoms with van der Waals surface area (Å²) < 4.78 is 0. The Balaban J connectivity index is 1.73. The monoisotopic (exact) mass is 237 g/mol. The number of hydrogen-bond donors (Lipinski definition) is 2. The lowest BCUT2D eigenvalue weighted by atomic mass is 9.78. The first kappa shape index (κ1) is 12.9. The van der Waals surface area contributed by atoms with Crippen molar-refractivity contribution in [1.82, 2.24) is 4.90 Å². The number of unbranched alkanes of at least 4 members (excludes halogenated alkanes) is 1. The summed E-state index contributed by atoms with van der Waals surface area (Å²) >= 11 is 0. The highest BCUT2D eigenvalue weighted by molar-refractivity contribution is 5.76. The van der Waals surface area contributed by atoms with E-state index in [1.165, 1.54) is 58.0 Å². The molecule has 17 heavy (non-hydrogen) atoms. The zero-order chi connectivity index (χ0) is 12.1. The van der Waals surface area contributed by atoms with Crippen LogP contribution in [-0.4, -0.2) is 29.9 Å². The molecule has 0 aromatic carbocycles. The summed E-state index contributed by atoms with van der Waals surface area (Å²) in [5, 5.41) is 7.23. The van der Waals surface area contributed by atoms with Crippen LogP contribution < -0.4 is 5.73 Å². The minimum atomic E-state index is 0.346. The van der Waals surface area contributed by atoms with E-state index in [0.29, 0.717) is 5.84 Å². The Kier molecular flexibility index (Phi) is 4.84. The lowest BCUT2D eigenvalue weighted by molar-refractivity contribution is 0.0598. The van der Waals surface area contributed by atoms with Crippen LogP contribution in [0.2, 0.25) is 0 Å². The molecule has 98 valence electrons. The normalized spacial score (nSPS) is 29.9. The number of nitrogens with one attached hydrogen (secondary N) is 1. The number of nitrogens with two attached hydrogens (primary N) is 1. The second kappa shape index (κ2) is 6.39. The molecule has 3 nitrogen and oxygen atoms in total. The SMILES string of the molecule is N=C(N)CCCCN1CCC[C@H]2CCCC[C@H]21. The predicted molar refractivity (Wildman–Crippen MR) is 72.3 cm³/mol.